The lowest BCUT2D eigenvalue weighted by molar-refractivity contribution is -0.114. The minimum atomic E-state index is -0.234. The van der Waals surface area contributed by atoms with Crippen molar-refractivity contribution in [3.63, 3.8) is 0 Å². The summed E-state index contributed by atoms with van der Waals surface area (Å²) in [4.78, 5) is 14.8. The summed E-state index contributed by atoms with van der Waals surface area (Å²) in [6, 6.07) is 1.65. The number of rotatable bonds is 2. The molecule has 0 saturated heterocycles. The monoisotopic (exact) mass is 211 g/mol. The Labute approximate surface area is 86.8 Å². The van der Waals surface area contributed by atoms with E-state index in [1.807, 2.05) is 0 Å². The number of hydrogen-bond donors (Lipinski definition) is 2. The highest BCUT2D eigenvalue weighted by Crippen LogP contribution is 2.19. The fourth-order valence-corrected chi connectivity index (χ4v) is 1.33. The maximum atomic E-state index is 10.8. The Kier molecular flexibility index (Phi) is 3.19. The smallest absolute Gasteiger partial charge is 0.222 e. The standard InChI is InChI=1S/C9H10ClN3O/c1-5-3-8(10)13-9(7(5)4-11)12-6(2)14/h3-4,11H,1-2H3,(H,12,13,14). The molecule has 0 atom stereocenters. The van der Waals surface area contributed by atoms with Crippen LogP contribution in [-0.2, 0) is 4.79 Å². The third-order valence-electron chi connectivity index (χ3n) is 1.67. The minimum absolute atomic E-state index is 0.234. The lowest BCUT2D eigenvalue weighted by Gasteiger charge is -2.08. The summed E-state index contributed by atoms with van der Waals surface area (Å²) in [7, 11) is 0. The highest BCUT2D eigenvalue weighted by atomic mass is 35.5. The summed E-state index contributed by atoms with van der Waals surface area (Å²) in [6.45, 7) is 3.19. The summed E-state index contributed by atoms with van der Waals surface area (Å²) in [5, 5.41) is 10.0. The Morgan fingerprint density at radius 2 is 2.36 bits per heavy atom. The summed E-state index contributed by atoms with van der Waals surface area (Å²) >= 11 is 5.72. The summed E-state index contributed by atoms with van der Waals surface area (Å²) in [5.74, 6) is 0.0970. The van der Waals surface area contributed by atoms with Crippen molar-refractivity contribution in [2.45, 2.75) is 13.8 Å². The fourth-order valence-electron chi connectivity index (χ4n) is 1.09. The number of nitrogens with zero attached hydrogens (tertiary/aromatic N) is 1. The molecule has 0 bridgehead atoms. The maximum Gasteiger partial charge on any atom is 0.222 e. The van der Waals surface area contributed by atoms with E-state index >= 15 is 0 Å². The van der Waals surface area contributed by atoms with Gasteiger partial charge in [-0.15, -0.1) is 0 Å². The van der Waals surface area contributed by atoms with Crippen LogP contribution in [-0.4, -0.2) is 17.1 Å². The molecule has 0 spiro atoms. The van der Waals surface area contributed by atoms with Crippen molar-refractivity contribution in [3.05, 3.63) is 22.3 Å². The normalized spacial score (nSPS) is 9.64. The van der Waals surface area contributed by atoms with E-state index in [0.717, 1.165) is 11.8 Å². The van der Waals surface area contributed by atoms with Crippen LogP contribution in [0.3, 0.4) is 0 Å². The number of carbonyl (C=O) groups excluding carboxylic acids is 1. The first kappa shape index (κ1) is 10.7. The van der Waals surface area contributed by atoms with Crippen molar-refractivity contribution < 1.29 is 4.79 Å². The molecule has 0 aliphatic heterocycles. The van der Waals surface area contributed by atoms with Crippen LogP contribution in [0.4, 0.5) is 5.82 Å². The van der Waals surface area contributed by atoms with Crippen molar-refractivity contribution in [1.82, 2.24) is 4.98 Å². The molecule has 5 heteroatoms. The molecule has 1 aromatic rings. The zero-order valence-corrected chi connectivity index (χ0v) is 8.64. The maximum absolute atomic E-state index is 10.8. The molecular weight excluding hydrogens is 202 g/mol. The van der Waals surface area contributed by atoms with Crippen LogP contribution in [0, 0.1) is 12.3 Å². The number of anilines is 1. The average Bonchev–Trinajstić information content (AvgIpc) is 2.01. The van der Waals surface area contributed by atoms with E-state index in [1.54, 1.807) is 13.0 Å². The molecule has 74 valence electrons. The first-order chi connectivity index (χ1) is 6.54. The van der Waals surface area contributed by atoms with Crippen molar-refractivity contribution >= 4 is 29.5 Å². The van der Waals surface area contributed by atoms with Gasteiger partial charge >= 0.3 is 0 Å². The van der Waals surface area contributed by atoms with Crippen molar-refractivity contribution in [1.29, 1.82) is 5.41 Å². The molecule has 2 N–H and O–H groups in total. The Balaban J connectivity index is 3.24. The minimum Gasteiger partial charge on any atom is -0.310 e. The number of pyridine rings is 1. The number of halogens is 1. The first-order valence-electron chi connectivity index (χ1n) is 4.00. The van der Waals surface area contributed by atoms with E-state index in [9.17, 15) is 4.79 Å². The number of amides is 1. The predicted octanol–water partition coefficient (Wildman–Crippen LogP) is 2.00. The Morgan fingerprint density at radius 3 is 2.86 bits per heavy atom. The third kappa shape index (κ3) is 2.29. The van der Waals surface area contributed by atoms with Gasteiger partial charge in [-0.2, -0.15) is 0 Å². The lowest BCUT2D eigenvalue weighted by Crippen LogP contribution is -2.10. The van der Waals surface area contributed by atoms with Crippen LogP contribution in [0.15, 0.2) is 6.07 Å². The van der Waals surface area contributed by atoms with Gasteiger partial charge in [0, 0.05) is 18.7 Å². The van der Waals surface area contributed by atoms with Crippen LogP contribution in [0.1, 0.15) is 18.1 Å². The van der Waals surface area contributed by atoms with Gasteiger partial charge in [0.25, 0.3) is 0 Å². The fraction of sp³-hybridized carbons (Fsp3) is 0.222. The van der Waals surface area contributed by atoms with Crippen LogP contribution < -0.4 is 5.32 Å². The quantitative estimate of drug-likeness (QED) is 0.581. The second-order valence-electron chi connectivity index (χ2n) is 2.85. The molecule has 1 amide bonds. The average molecular weight is 212 g/mol. The molecule has 1 aromatic heterocycles. The Hall–Kier alpha value is -1.42. The summed E-state index contributed by atoms with van der Waals surface area (Å²) in [6.07, 6.45) is 1.14. The summed E-state index contributed by atoms with van der Waals surface area (Å²) in [5.41, 5.74) is 1.38. The molecule has 0 unspecified atom stereocenters. The molecular formula is C9H10ClN3O. The van der Waals surface area contributed by atoms with E-state index in [1.165, 1.54) is 6.92 Å². The Bertz CT molecular complexity index is 390. The second-order valence-corrected chi connectivity index (χ2v) is 3.24. The number of carbonyl (C=O) groups is 1. The van der Waals surface area contributed by atoms with Gasteiger partial charge in [-0.05, 0) is 18.6 Å². The van der Waals surface area contributed by atoms with Gasteiger partial charge < -0.3 is 10.7 Å². The predicted molar refractivity (Wildman–Crippen MR) is 56.2 cm³/mol. The highest BCUT2D eigenvalue weighted by Gasteiger charge is 2.08. The molecule has 0 radical (unpaired) electrons. The third-order valence-corrected chi connectivity index (χ3v) is 1.87. The highest BCUT2D eigenvalue weighted by molar-refractivity contribution is 6.29. The second kappa shape index (κ2) is 4.19. The van der Waals surface area contributed by atoms with Crippen molar-refractivity contribution in [3.8, 4) is 0 Å². The van der Waals surface area contributed by atoms with Gasteiger partial charge in [-0.1, -0.05) is 11.6 Å². The molecule has 0 saturated carbocycles. The topological polar surface area (TPSA) is 65.8 Å². The SMILES string of the molecule is CC(=O)Nc1nc(Cl)cc(C)c1C=N. The van der Waals surface area contributed by atoms with Crippen LogP contribution in [0.2, 0.25) is 5.15 Å². The lowest BCUT2D eigenvalue weighted by atomic mass is 10.1. The molecule has 14 heavy (non-hydrogen) atoms. The van der Waals surface area contributed by atoms with Crippen LogP contribution in [0.25, 0.3) is 0 Å². The number of hydrogen-bond acceptors (Lipinski definition) is 3. The Morgan fingerprint density at radius 1 is 1.71 bits per heavy atom. The largest absolute Gasteiger partial charge is 0.310 e. The van der Waals surface area contributed by atoms with Crippen molar-refractivity contribution in [2.75, 3.05) is 5.32 Å². The molecule has 0 aromatic carbocycles. The number of aromatic nitrogens is 1. The molecule has 0 fully saturated rings. The number of aryl methyl sites for hydroxylation is 1. The van der Waals surface area contributed by atoms with Gasteiger partial charge in [-0.25, -0.2) is 4.98 Å². The molecule has 0 aliphatic rings. The molecule has 4 nitrogen and oxygen atoms in total. The first-order valence-corrected chi connectivity index (χ1v) is 4.37. The molecule has 0 aliphatic carbocycles. The van der Waals surface area contributed by atoms with E-state index in [2.05, 4.69) is 10.3 Å². The summed E-state index contributed by atoms with van der Waals surface area (Å²) < 4.78 is 0. The van der Waals surface area contributed by atoms with E-state index in [4.69, 9.17) is 17.0 Å². The van der Waals surface area contributed by atoms with Gasteiger partial charge in [0.2, 0.25) is 5.91 Å². The van der Waals surface area contributed by atoms with Crippen LogP contribution >= 0.6 is 11.6 Å². The van der Waals surface area contributed by atoms with Crippen LogP contribution in [0.5, 0.6) is 0 Å². The number of nitrogens with one attached hydrogen (secondary N) is 2. The molecule has 1 rings (SSSR count). The van der Waals surface area contributed by atoms with Gasteiger partial charge in [0.1, 0.15) is 11.0 Å². The zero-order valence-electron chi connectivity index (χ0n) is 7.89. The van der Waals surface area contributed by atoms with E-state index in [-0.39, 0.29) is 5.91 Å². The van der Waals surface area contributed by atoms with E-state index in [0.29, 0.717) is 16.5 Å². The van der Waals surface area contributed by atoms with Gasteiger partial charge in [0.15, 0.2) is 0 Å². The zero-order chi connectivity index (χ0) is 10.7. The molecule has 1 heterocycles. The van der Waals surface area contributed by atoms with Crippen molar-refractivity contribution in [2.24, 2.45) is 0 Å². The van der Waals surface area contributed by atoms with Gasteiger partial charge in [-0.3, -0.25) is 4.79 Å². The van der Waals surface area contributed by atoms with Gasteiger partial charge in [0.05, 0.1) is 0 Å². The van der Waals surface area contributed by atoms with E-state index < -0.39 is 0 Å².